The van der Waals surface area contributed by atoms with Gasteiger partial charge in [0.2, 0.25) is 0 Å². The topological polar surface area (TPSA) is 64.9 Å². The molecule has 5 nitrogen and oxygen atoms in total. The number of aromatic hydroxyl groups is 1. The highest BCUT2D eigenvalue weighted by Gasteiger charge is 2.08. The van der Waals surface area contributed by atoms with Gasteiger partial charge in [0.05, 0.1) is 5.69 Å². The van der Waals surface area contributed by atoms with Gasteiger partial charge in [0.25, 0.3) is 5.91 Å². The molecule has 6 heteroatoms. The van der Waals surface area contributed by atoms with E-state index in [2.05, 4.69) is 29.1 Å². The van der Waals surface area contributed by atoms with Gasteiger partial charge in [-0.15, -0.1) is 0 Å². The predicted molar refractivity (Wildman–Crippen MR) is 125 cm³/mol. The first-order valence-corrected chi connectivity index (χ1v) is 10.2. The fourth-order valence-corrected chi connectivity index (χ4v) is 3.26. The highest BCUT2D eigenvalue weighted by Crippen LogP contribution is 2.25. The van der Waals surface area contributed by atoms with Crippen LogP contribution in [0.25, 0.3) is 0 Å². The van der Waals surface area contributed by atoms with Crippen LogP contribution in [0.5, 0.6) is 5.75 Å². The number of carbonyl (C=O) groups excluding carboxylic acids is 1. The number of benzene rings is 3. The number of amides is 1. The molecule has 0 saturated heterocycles. The van der Waals surface area contributed by atoms with Crippen LogP contribution in [0.2, 0.25) is 5.02 Å². The molecule has 3 aromatic carbocycles. The van der Waals surface area contributed by atoms with Crippen LogP contribution in [-0.4, -0.2) is 30.3 Å². The smallest absolute Gasteiger partial charge is 0.255 e. The minimum Gasteiger partial charge on any atom is -0.507 e. The summed E-state index contributed by atoms with van der Waals surface area (Å²) < 4.78 is 0. The van der Waals surface area contributed by atoms with E-state index in [0.29, 0.717) is 27.5 Å². The van der Waals surface area contributed by atoms with Gasteiger partial charge in [-0.2, -0.15) is 0 Å². The molecule has 3 rings (SSSR count). The summed E-state index contributed by atoms with van der Waals surface area (Å²) in [6.07, 6.45) is 1.59. The van der Waals surface area contributed by atoms with Crippen LogP contribution < -0.4 is 10.2 Å². The molecule has 154 valence electrons. The lowest BCUT2D eigenvalue weighted by atomic mass is 10.1. The van der Waals surface area contributed by atoms with E-state index in [4.69, 9.17) is 11.6 Å². The number of halogens is 1. The molecule has 2 N–H and O–H groups in total. The van der Waals surface area contributed by atoms with Crippen LogP contribution in [0.15, 0.2) is 71.7 Å². The Hall–Kier alpha value is -3.31. The maximum atomic E-state index is 12.5. The third-order valence-corrected chi connectivity index (χ3v) is 4.92. The third-order valence-electron chi connectivity index (χ3n) is 4.69. The molecule has 0 radical (unpaired) electrons. The molecule has 0 unspecified atom stereocenters. The van der Waals surface area contributed by atoms with Crippen LogP contribution >= 0.6 is 11.6 Å². The summed E-state index contributed by atoms with van der Waals surface area (Å²) in [6.45, 7) is 5.89. The number of carbonyl (C=O) groups is 1. The van der Waals surface area contributed by atoms with Gasteiger partial charge in [-0.1, -0.05) is 23.7 Å². The first kappa shape index (κ1) is 21.4. The SMILES string of the molecule is CCN(CC)c1ccc(C=Nc2cccc(C(=O)Nc3cccc(Cl)c3)c2)c(O)c1. The van der Waals surface area contributed by atoms with Gasteiger partial charge in [0.1, 0.15) is 5.75 Å². The molecular weight excluding hydrogens is 398 g/mol. The Kier molecular flexibility index (Phi) is 7.09. The van der Waals surface area contributed by atoms with E-state index in [0.717, 1.165) is 18.8 Å². The van der Waals surface area contributed by atoms with Crippen molar-refractivity contribution in [3.8, 4) is 5.75 Å². The maximum Gasteiger partial charge on any atom is 0.255 e. The second kappa shape index (κ2) is 9.94. The van der Waals surface area contributed by atoms with Crippen LogP contribution in [-0.2, 0) is 0 Å². The standard InChI is InChI=1S/C24H24ClN3O2/c1-3-28(4-2)22-12-11-18(23(29)15-22)16-26-20-9-5-7-17(13-20)24(30)27-21-10-6-8-19(25)14-21/h5-16,29H,3-4H2,1-2H3,(H,27,30). The number of nitrogens with zero attached hydrogens (tertiary/aromatic N) is 2. The lowest BCUT2D eigenvalue weighted by Crippen LogP contribution is -2.21. The summed E-state index contributed by atoms with van der Waals surface area (Å²) in [5, 5.41) is 13.7. The first-order valence-electron chi connectivity index (χ1n) is 9.79. The largest absolute Gasteiger partial charge is 0.507 e. The van der Waals surface area contributed by atoms with Gasteiger partial charge in [0.15, 0.2) is 0 Å². The summed E-state index contributed by atoms with van der Waals surface area (Å²) in [5.41, 5.74) is 3.29. The fourth-order valence-electron chi connectivity index (χ4n) is 3.07. The van der Waals surface area contributed by atoms with E-state index in [1.54, 1.807) is 60.8 Å². The fraction of sp³-hybridized carbons (Fsp3) is 0.167. The lowest BCUT2D eigenvalue weighted by Gasteiger charge is -2.21. The number of phenols is 1. The molecule has 0 fully saturated rings. The Balaban J connectivity index is 1.75. The molecular formula is C24H24ClN3O2. The molecule has 0 heterocycles. The molecule has 0 saturated carbocycles. The summed E-state index contributed by atoms with van der Waals surface area (Å²) in [4.78, 5) is 19.1. The second-order valence-corrected chi connectivity index (χ2v) is 7.12. The van der Waals surface area contributed by atoms with E-state index >= 15 is 0 Å². The van der Waals surface area contributed by atoms with Crippen molar-refractivity contribution in [3.05, 3.63) is 82.9 Å². The van der Waals surface area contributed by atoms with E-state index in [1.807, 2.05) is 12.1 Å². The van der Waals surface area contributed by atoms with Crippen LogP contribution in [0, 0.1) is 0 Å². The van der Waals surface area contributed by atoms with E-state index in [-0.39, 0.29) is 11.7 Å². The summed E-state index contributed by atoms with van der Waals surface area (Å²) in [7, 11) is 0. The molecule has 0 spiro atoms. The quantitative estimate of drug-likeness (QED) is 0.467. The van der Waals surface area contributed by atoms with Gasteiger partial charge in [-0.05, 0) is 62.4 Å². The Bertz CT molecular complexity index is 1060. The maximum absolute atomic E-state index is 12.5. The Labute approximate surface area is 181 Å². The van der Waals surface area contributed by atoms with Crippen molar-refractivity contribution in [2.45, 2.75) is 13.8 Å². The Morgan fingerprint density at radius 2 is 1.83 bits per heavy atom. The van der Waals surface area contributed by atoms with Gasteiger partial charge < -0.3 is 15.3 Å². The summed E-state index contributed by atoms with van der Waals surface area (Å²) in [6, 6.07) is 19.5. The van der Waals surface area contributed by atoms with Crippen LogP contribution in [0.3, 0.4) is 0 Å². The number of nitrogens with one attached hydrogen (secondary N) is 1. The average Bonchev–Trinajstić information content (AvgIpc) is 2.74. The minimum absolute atomic E-state index is 0.165. The zero-order valence-corrected chi connectivity index (χ0v) is 17.7. The Morgan fingerprint density at radius 3 is 2.53 bits per heavy atom. The van der Waals surface area contributed by atoms with Crippen LogP contribution in [0.1, 0.15) is 29.8 Å². The van der Waals surface area contributed by atoms with Gasteiger partial charge in [-0.25, -0.2) is 0 Å². The van der Waals surface area contributed by atoms with E-state index < -0.39 is 0 Å². The van der Waals surface area contributed by atoms with Crippen molar-refractivity contribution in [3.63, 3.8) is 0 Å². The lowest BCUT2D eigenvalue weighted by molar-refractivity contribution is 0.102. The third kappa shape index (κ3) is 5.39. The molecule has 0 aliphatic carbocycles. The number of aliphatic imine (C=N–C) groups is 1. The van der Waals surface area contributed by atoms with Crippen molar-refractivity contribution in [1.29, 1.82) is 0 Å². The molecule has 3 aromatic rings. The number of rotatable bonds is 7. The molecule has 0 bridgehead atoms. The zero-order chi connectivity index (χ0) is 21.5. The minimum atomic E-state index is -0.249. The Morgan fingerprint density at radius 1 is 1.07 bits per heavy atom. The van der Waals surface area contributed by atoms with Gasteiger partial charge >= 0.3 is 0 Å². The second-order valence-electron chi connectivity index (χ2n) is 6.69. The monoisotopic (exact) mass is 421 g/mol. The van der Waals surface area contributed by atoms with E-state index in [9.17, 15) is 9.90 Å². The zero-order valence-electron chi connectivity index (χ0n) is 17.0. The van der Waals surface area contributed by atoms with Crippen molar-refractivity contribution < 1.29 is 9.90 Å². The molecule has 0 aromatic heterocycles. The van der Waals surface area contributed by atoms with Gasteiger partial charge in [-0.3, -0.25) is 9.79 Å². The summed E-state index contributed by atoms with van der Waals surface area (Å²) >= 11 is 5.96. The molecule has 0 aliphatic heterocycles. The van der Waals surface area contributed by atoms with Crippen molar-refractivity contribution in [1.82, 2.24) is 0 Å². The number of phenolic OH excluding ortho intramolecular Hbond substituents is 1. The number of hydrogen-bond acceptors (Lipinski definition) is 4. The predicted octanol–water partition coefficient (Wildman–Crippen LogP) is 5.89. The van der Waals surface area contributed by atoms with E-state index in [1.165, 1.54) is 0 Å². The normalized spacial score (nSPS) is 10.9. The highest BCUT2D eigenvalue weighted by molar-refractivity contribution is 6.31. The molecule has 0 aliphatic rings. The number of anilines is 2. The summed E-state index contributed by atoms with van der Waals surface area (Å²) in [5.74, 6) is -0.0845. The van der Waals surface area contributed by atoms with Crippen molar-refractivity contribution >= 4 is 40.8 Å². The number of hydrogen-bond donors (Lipinski definition) is 2. The van der Waals surface area contributed by atoms with Crippen molar-refractivity contribution in [2.24, 2.45) is 4.99 Å². The first-order chi connectivity index (χ1) is 14.5. The van der Waals surface area contributed by atoms with Crippen LogP contribution in [0.4, 0.5) is 17.1 Å². The van der Waals surface area contributed by atoms with Gasteiger partial charge in [0, 0.05) is 52.9 Å². The molecule has 0 atom stereocenters. The van der Waals surface area contributed by atoms with Crippen molar-refractivity contribution in [2.75, 3.05) is 23.3 Å². The average molecular weight is 422 g/mol. The molecule has 1 amide bonds. The molecule has 30 heavy (non-hydrogen) atoms. The highest BCUT2D eigenvalue weighted by atomic mass is 35.5.